The fourth-order valence-electron chi connectivity index (χ4n) is 2.47. The first kappa shape index (κ1) is 12.9. The molecular formula is C14H19NO3. The predicted molar refractivity (Wildman–Crippen MR) is 70.4 cm³/mol. The molecule has 2 atom stereocenters. The maximum atomic E-state index is 11.3. The summed E-state index contributed by atoms with van der Waals surface area (Å²) in [6.45, 7) is 7.39. The van der Waals surface area contributed by atoms with Gasteiger partial charge in [0.05, 0.1) is 23.5 Å². The number of carbonyl (C=O) groups is 1. The van der Waals surface area contributed by atoms with Crippen LogP contribution in [-0.2, 0) is 4.74 Å². The fourth-order valence-corrected chi connectivity index (χ4v) is 2.47. The zero-order chi connectivity index (χ0) is 13.3. The molecular weight excluding hydrogens is 230 g/mol. The average molecular weight is 249 g/mol. The summed E-state index contributed by atoms with van der Waals surface area (Å²) >= 11 is 0. The van der Waals surface area contributed by atoms with Crippen LogP contribution in [0.4, 0.5) is 5.69 Å². The second-order valence-electron chi connectivity index (χ2n) is 4.99. The van der Waals surface area contributed by atoms with Gasteiger partial charge in [-0.05, 0) is 32.9 Å². The van der Waals surface area contributed by atoms with Gasteiger partial charge in [-0.3, -0.25) is 0 Å². The van der Waals surface area contributed by atoms with E-state index in [1.165, 1.54) is 0 Å². The number of carboxylic acids is 1. The first-order valence-electron chi connectivity index (χ1n) is 6.21. The zero-order valence-electron chi connectivity index (χ0n) is 11.0. The summed E-state index contributed by atoms with van der Waals surface area (Å²) in [4.78, 5) is 13.4. The number of aryl methyl sites for hydroxylation is 1. The van der Waals surface area contributed by atoms with Crippen LogP contribution in [0.3, 0.4) is 0 Å². The van der Waals surface area contributed by atoms with Crippen LogP contribution >= 0.6 is 0 Å². The van der Waals surface area contributed by atoms with Crippen molar-refractivity contribution >= 4 is 11.7 Å². The first-order chi connectivity index (χ1) is 8.47. The van der Waals surface area contributed by atoms with Crippen molar-refractivity contribution in [3.05, 3.63) is 29.3 Å². The molecule has 0 radical (unpaired) electrons. The van der Waals surface area contributed by atoms with Crippen molar-refractivity contribution in [1.29, 1.82) is 0 Å². The van der Waals surface area contributed by atoms with E-state index in [-0.39, 0.29) is 12.2 Å². The van der Waals surface area contributed by atoms with Gasteiger partial charge in [0.25, 0.3) is 0 Å². The molecule has 0 amide bonds. The Morgan fingerprint density at radius 2 is 1.94 bits per heavy atom. The molecule has 1 aromatic rings. The number of aromatic carboxylic acids is 1. The van der Waals surface area contributed by atoms with Gasteiger partial charge in [0.2, 0.25) is 0 Å². The molecule has 18 heavy (non-hydrogen) atoms. The molecule has 0 bridgehead atoms. The normalized spacial score (nSPS) is 24.1. The molecule has 4 nitrogen and oxygen atoms in total. The highest BCUT2D eigenvalue weighted by molar-refractivity contribution is 5.94. The van der Waals surface area contributed by atoms with E-state index < -0.39 is 5.97 Å². The van der Waals surface area contributed by atoms with E-state index in [0.29, 0.717) is 5.56 Å². The minimum Gasteiger partial charge on any atom is -0.478 e. The third kappa shape index (κ3) is 2.64. The quantitative estimate of drug-likeness (QED) is 0.873. The van der Waals surface area contributed by atoms with E-state index in [0.717, 1.165) is 24.3 Å². The van der Waals surface area contributed by atoms with Gasteiger partial charge in [0.1, 0.15) is 0 Å². The summed E-state index contributed by atoms with van der Waals surface area (Å²) < 4.78 is 5.67. The maximum absolute atomic E-state index is 11.3. The summed E-state index contributed by atoms with van der Waals surface area (Å²) in [5.41, 5.74) is 2.12. The van der Waals surface area contributed by atoms with Gasteiger partial charge in [-0.25, -0.2) is 4.79 Å². The number of hydrogen-bond acceptors (Lipinski definition) is 3. The molecule has 1 aliphatic rings. The lowest BCUT2D eigenvalue weighted by molar-refractivity contribution is -0.00531. The smallest absolute Gasteiger partial charge is 0.337 e. The van der Waals surface area contributed by atoms with E-state index >= 15 is 0 Å². The highest BCUT2D eigenvalue weighted by Gasteiger charge is 2.25. The second kappa shape index (κ2) is 4.98. The largest absolute Gasteiger partial charge is 0.478 e. The van der Waals surface area contributed by atoms with Crippen molar-refractivity contribution in [2.24, 2.45) is 0 Å². The standard InChI is InChI=1S/C14H19NO3/c1-9-4-5-13(12(6-9)14(16)17)15-7-10(2)18-11(3)8-15/h4-6,10-11H,7-8H2,1-3H3,(H,16,17). The summed E-state index contributed by atoms with van der Waals surface area (Å²) in [5, 5.41) is 9.29. The third-order valence-electron chi connectivity index (χ3n) is 3.14. The third-order valence-corrected chi connectivity index (χ3v) is 3.14. The molecule has 0 saturated carbocycles. The highest BCUT2D eigenvalue weighted by atomic mass is 16.5. The summed E-state index contributed by atoms with van der Waals surface area (Å²) in [6, 6.07) is 5.57. The Balaban J connectivity index is 2.35. The Labute approximate surface area is 107 Å². The van der Waals surface area contributed by atoms with Crippen molar-refractivity contribution < 1.29 is 14.6 Å². The lowest BCUT2D eigenvalue weighted by atomic mass is 10.1. The van der Waals surface area contributed by atoms with Gasteiger partial charge in [-0.1, -0.05) is 11.6 Å². The number of benzene rings is 1. The molecule has 0 spiro atoms. The lowest BCUT2D eigenvalue weighted by Gasteiger charge is -2.37. The molecule has 1 fully saturated rings. The van der Waals surface area contributed by atoms with E-state index in [1.54, 1.807) is 6.07 Å². The van der Waals surface area contributed by atoms with Gasteiger partial charge in [0.15, 0.2) is 0 Å². The molecule has 0 aromatic heterocycles. The zero-order valence-corrected chi connectivity index (χ0v) is 11.0. The summed E-state index contributed by atoms with van der Waals surface area (Å²) in [5.74, 6) is -0.875. The van der Waals surface area contributed by atoms with E-state index in [4.69, 9.17) is 4.74 Å². The maximum Gasteiger partial charge on any atom is 0.337 e. The molecule has 2 unspecified atom stereocenters. The Kier molecular flexibility index (Phi) is 3.57. The topological polar surface area (TPSA) is 49.8 Å². The van der Waals surface area contributed by atoms with Gasteiger partial charge in [0, 0.05) is 13.1 Å². The second-order valence-corrected chi connectivity index (χ2v) is 4.99. The van der Waals surface area contributed by atoms with Crippen LogP contribution in [0.2, 0.25) is 0 Å². The molecule has 1 saturated heterocycles. The molecule has 1 aliphatic heterocycles. The number of nitrogens with zero attached hydrogens (tertiary/aromatic N) is 1. The molecule has 4 heteroatoms. The van der Waals surface area contributed by atoms with Gasteiger partial charge in [-0.2, -0.15) is 0 Å². The van der Waals surface area contributed by atoms with Crippen molar-refractivity contribution in [3.63, 3.8) is 0 Å². The highest BCUT2D eigenvalue weighted by Crippen LogP contribution is 2.25. The Bertz CT molecular complexity index is 448. The SMILES string of the molecule is Cc1ccc(N2CC(C)OC(C)C2)c(C(=O)O)c1. The van der Waals surface area contributed by atoms with E-state index in [9.17, 15) is 9.90 Å². The number of hydrogen-bond donors (Lipinski definition) is 1. The molecule has 0 aliphatic carbocycles. The number of anilines is 1. The van der Waals surface area contributed by atoms with Crippen LogP contribution < -0.4 is 4.90 Å². The molecule has 1 aromatic carbocycles. The van der Waals surface area contributed by atoms with Crippen LogP contribution in [0.5, 0.6) is 0 Å². The average Bonchev–Trinajstić information content (AvgIpc) is 2.27. The first-order valence-corrected chi connectivity index (χ1v) is 6.21. The lowest BCUT2D eigenvalue weighted by Crippen LogP contribution is -2.46. The monoisotopic (exact) mass is 249 g/mol. The van der Waals surface area contributed by atoms with Crippen LogP contribution in [-0.4, -0.2) is 36.4 Å². The van der Waals surface area contributed by atoms with Crippen LogP contribution in [0.1, 0.15) is 29.8 Å². The number of morpholine rings is 1. The molecule has 98 valence electrons. The fraction of sp³-hybridized carbons (Fsp3) is 0.500. The van der Waals surface area contributed by atoms with Crippen LogP contribution in [0.25, 0.3) is 0 Å². The molecule has 1 N–H and O–H groups in total. The van der Waals surface area contributed by atoms with E-state index in [1.807, 2.05) is 32.9 Å². The number of rotatable bonds is 2. The summed E-state index contributed by atoms with van der Waals surface area (Å²) in [7, 11) is 0. The minimum atomic E-state index is -0.875. The van der Waals surface area contributed by atoms with Crippen molar-refractivity contribution in [3.8, 4) is 0 Å². The van der Waals surface area contributed by atoms with Crippen molar-refractivity contribution in [2.45, 2.75) is 33.0 Å². The summed E-state index contributed by atoms with van der Waals surface area (Å²) in [6.07, 6.45) is 0.244. The van der Waals surface area contributed by atoms with Gasteiger partial charge < -0.3 is 14.7 Å². The van der Waals surface area contributed by atoms with Crippen molar-refractivity contribution in [2.75, 3.05) is 18.0 Å². The van der Waals surface area contributed by atoms with Gasteiger partial charge >= 0.3 is 5.97 Å². The number of carboxylic acid groups (broad SMARTS) is 1. The predicted octanol–water partition coefficient (Wildman–Crippen LogP) is 2.31. The van der Waals surface area contributed by atoms with Crippen LogP contribution in [0.15, 0.2) is 18.2 Å². The van der Waals surface area contributed by atoms with Crippen LogP contribution in [0, 0.1) is 6.92 Å². The Hall–Kier alpha value is -1.55. The Morgan fingerprint density at radius 3 is 2.50 bits per heavy atom. The van der Waals surface area contributed by atoms with Crippen molar-refractivity contribution in [1.82, 2.24) is 0 Å². The van der Waals surface area contributed by atoms with E-state index in [2.05, 4.69) is 4.90 Å². The number of ether oxygens (including phenoxy) is 1. The minimum absolute atomic E-state index is 0.122. The Morgan fingerprint density at radius 1 is 1.33 bits per heavy atom. The molecule has 2 rings (SSSR count). The van der Waals surface area contributed by atoms with Gasteiger partial charge in [-0.15, -0.1) is 0 Å². The molecule has 1 heterocycles.